The fourth-order valence-electron chi connectivity index (χ4n) is 1.71. The van der Waals surface area contributed by atoms with Crippen LogP contribution in [0.25, 0.3) is 0 Å². The lowest BCUT2D eigenvalue weighted by atomic mass is 9.81. The van der Waals surface area contributed by atoms with Gasteiger partial charge in [0.25, 0.3) is 6.36 Å². The molecule has 2 atom stereocenters. The third kappa shape index (κ3) is 2.40. The maximum atomic E-state index is 14.1. The largest absolute Gasteiger partial charge is 0.457 e. The van der Waals surface area contributed by atoms with Crippen molar-refractivity contribution in [1.29, 1.82) is 0 Å². The average Bonchev–Trinajstić information content (AvgIpc) is 3.01. The van der Waals surface area contributed by atoms with Crippen molar-refractivity contribution in [3.63, 3.8) is 0 Å². The Morgan fingerprint density at radius 3 is 2.29 bits per heavy atom. The van der Waals surface area contributed by atoms with E-state index in [-0.39, 0.29) is 5.41 Å². The van der Waals surface area contributed by atoms with Crippen LogP contribution in [0.15, 0.2) is 24.3 Å². The maximum Gasteiger partial charge on any atom is 0.269 e. The van der Waals surface area contributed by atoms with Crippen LogP contribution < -0.4 is 4.74 Å². The highest BCUT2D eigenvalue weighted by Gasteiger charge is 2.62. The van der Waals surface area contributed by atoms with Crippen LogP contribution in [0.4, 0.5) is 4.39 Å². The molecule has 1 aliphatic rings. The summed E-state index contributed by atoms with van der Waals surface area (Å²) < 4.78 is 24.7. The standard InChI is InChI=1S/C13H16ClFO2/c1-12(2,3)13(8-16-13)11(15)17-10-6-4-9(14)5-7-10/h4-7,11H,8H2,1-3H3. The van der Waals surface area contributed by atoms with Gasteiger partial charge in [-0.1, -0.05) is 32.4 Å². The SMILES string of the molecule is CC(C)(C)C1(C(F)Oc2ccc(Cl)cc2)CO1. The summed E-state index contributed by atoms with van der Waals surface area (Å²) >= 11 is 5.75. The number of epoxide rings is 1. The summed E-state index contributed by atoms with van der Waals surface area (Å²) in [7, 11) is 0. The first-order valence-corrected chi connectivity index (χ1v) is 5.93. The Morgan fingerprint density at radius 2 is 1.88 bits per heavy atom. The Morgan fingerprint density at radius 1 is 1.35 bits per heavy atom. The van der Waals surface area contributed by atoms with E-state index in [1.165, 1.54) is 0 Å². The Hall–Kier alpha value is -0.800. The number of benzene rings is 1. The summed E-state index contributed by atoms with van der Waals surface area (Å²) in [5.74, 6) is 0.459. The minimum Gasteiger partial charge on any atom is -0.457 e. The second-order valence-electron chi connectivity index (χ2n) is 5.32. The molecule has 1 aliphatic heterocycles. The van der Waals surface area contributed by atoms with E-state index in [2.05, 4.69) is 0 Å². The molecule has 17 heavy (non-hydrogen) atoms. The van der Waals surface area contributed by atoms with E-state index in [1.807, 2.05) is 20.8 Å². The lowest BCUT2D eigenvalue weighted by Gasteiger charge is -2.30. The van der Waals surface area contributed by atoms with Crippen molar-refractivity contribution in [2.75, 3.05) is 6.61 Å². The number of halogens is 2. The Balaban J connectivity index is 2.07. The summed E-state index contributed by atoms with van der Waals surface area (Å²) in [5.41, 5.74) is -1.12. The van der Waals surface area contributed by atoms with Crippen molar-refractivity contribution >= 4 is 11.6 Å². The molecule has 4 heteroatoms. The van der Waals surface area contributed by atoms with E-state index in [0.29, 0.717) is 17.4 Å². The van der Waals surface area contributed by atoms with E-state index in [1.54, 1.807) is 24.3 Å². The predicted molar refractivity (Wildman–Crippen MR) is 65.1 cm³/mol. The Labute approximate surface area is 106 Å². The molecule has 0 amide bonds. The van der Waals surface area contributed by atoms with Crippen molar-refractivity contribution in [2.24, 2.45) is 5.41 Å². The van der Waals surface area contributed by atoms with Crippen LogP contribution in [-0.4, -0.2) is 18.6 Å². The quantitative estimate of drug-likeness (QED) is 0.769. The van der Waals surface area contributed by atoms with Crippen LogP contribution in [-0.2, 0) is 4.74 Å². The summed E-state index contributed by atoms with van der Waals surface area (Å²) in [6, 6.07) is 6.63. The molecular weight excluding hydrogens is 243 g/mol. The summed E-state index contributed by atoms with van der Waals surface area (Å²) in [6.45, 7) is 6.22. The molecule has 0 aliphatic carbocycles. The molecule has 1 aromatic carbocycles. The molecule has 0 bridgehead atoms. The minimum absolute atomic E-state index is 0.293. The zero-order valence-corrected chi connectivity index (χ0v) is 10.9. The lowest BCUT2D eigenvalue weighted by molar-refractivity contribution is -0.0544. The van der Waals surface area contributed by atoms with Gasteiger partial charge in [-0.2, -0.15) is 4.39 Å². The van der Waals surface area contributed by atoms with Gasteiger partial charge in [-0.05, 0) is 29.7 Å². The van der Waals surface area contributed by atoms with Gasteiger partial charge in [0, 0.05) is 5.02 Å². The second-order valence-corrected chi connectivity index (χ2v) is 5.75. The van der Waals surface area contributed by atoms with Crippen molar-refractivity contribution in [2.45, 2.75) is 32.7 Å². The number of hydrogen-bond acceptors (Lipinski definition) is 2. The Kier molecular flexibility index (Phi) is 3.08. The molecule has 1 aromatic rings. The van der Waals surface area contributed by atoms with Gasteiger partial charge in [-0.3, -0.25) is 0 Å². The summed E-state index contributed by atoms with van der Waals surface area (Å²) in [6.07, 6.45) is -1.47. The highest BCUT2D eigenvalue weighted by atomic mass is 35.5. The highest BCUT2D eigenvalue weighted by molar-refractivity contribution is 6.30. The monoisotopic (exact) mass is 258 g/mol. The lowest BCUT2D eigenvalue weighted by Crippen LogP contribution is -2.42. The van der Waals surface area contributed by atoms with Crippen LogP contribution in [0.3, 0.4) is 0 Å². The van der Waals surface area contributed by atoms with Crippen LogP contribution in [0.5, 0.6) is 5.75 Å². The third-order valence-electron chi connectivity index (χ3n) is 3.14. The molecule has 0 saturated carbocycles. The first-order valence-electron chi connectivity index (χ1n) is 5.55. The van der Waals surface area contributed by atoms with E-state index >= 15 is 0 Å². The van der Waals surface area contributed by atoms with Crippen molar-refractivity contribution in [3.8, 4) is 5.75 Å². The molecule has 0 aromatic heterocycles. The normalized spacial score (nSPS) is 25.5. The van der Waals surface area contributed by atoms with Crippen LogP contribution in [0.1, 0.15) is 20.8 Å². The zero-order chi connectivity index (χ0) is 12.7. The van der Waals surface area contributed by atoms with Gasteiger partial charge >= 0.3 is 0 Å². The van der Waals surface area contributed by atoms with E-state index in [9.17, 15) is 4.39 Å². The molecule has 2 unspecified atom stereocenters. The topological polar surface area (TPSA) is 21.8 Å². The van der Waals surface area contributed by atoms with Crippen molar-refractivity contribution in [1.82, 2.24) is 0 Å². The first-order chi connectivity index (χ1) is 7.85. The van der Waals surface area contributed by atoms with Gasteiger partial charge in [-0.15, -0.1) is 0 Å². The second kappa shape index (κ2) is 4.14. The molecule has 1 saturated heterocycles. The molecule has 2 rings (SSSR count). The van der Waals surface area contributed by atoms with Gasteiger partial charge in [-0.25, -0.2) is 0 Å². The number of alkyl halides is 1. The molecule has 0 radical (unpaired) electrons. The molecular formula is C13H16ClFO2. The van der Waals surface area contributed by atoms with Gasteiger partial charge in [0.15, 0.2) is 5.60 Å². The van der Waals surface area contributed by atoms with Crippen LogP contribution in [0.2, 0.25) is 5.02 Å². The van der Waals surface area contributed by atoms with Crippen LogP contribution >= 0.6 is 11.6 Å². The Bertz CT molecular complexity index is 393. The van der Waals surface area contributed by atoms with E-state index in [0.717, 1.165) is 0 Å². The molecule has 1 heterocycles. The maximum absolute atomic E-state index is 14.1. The smallest absolute Gasteiger partial charge is 0.269 e. The van der Waals surface area contributed by atoms with E-state index < -0.39 is 12.0 Å². The van der Waals surface area contributed by atoms with Gasteiger partial charge < -0.3 is 9.47 Å². The molecule has 94 valence electrons. The molecule has 1 fully saturated rings. The number of ether oxygens (including phenoxy) is 2. The molecule has 2 nitrogen and oxygen atoms in total. The average molecular weight is 259 g/mol. The predicted octanol–water partition coefficient (Wildman–Crippen LogP) is 3.83. The number of rotatable bonds is 3. The zero-order valence-electron chi connectivity index (χ0n) is 10.2. The minimum atomic E-state index is -1.47. The summed E-state index contributed by atoms with van der Waals surface area (Å²) in [4.78, 5) is 0. The van der Waals surface area contributed by atoms with Gasteiger partial charge in [0.1, 0.15) is 5.75 Å². The highest BCUT2D eigenvalue weighted by Crippen LogP contribution is 2.48. The first kappa shape index (κ1) is 12.7. The third-order valence-corrected chi connectivity index (χ3v) is 3.40. The molecule has 0 N–H and O–H groups in total. The fraction of sp³-hybridized carbons (Fsp3) is 0.538. The van der Waals surface area contributed by atoms with Crippen molar-refractivity contribution < 1.29 is 13.9 Å². The van der Waals surface area contributed by atoms with Crippen molar-refractivity contribution in [3.05, 3.63) is 29.3 Å². The summed E-state index contributed by atoms with van der Waals surface area (Å²) in [5, 5.41) is 0.598. The van der Waals surface area contributed by atoms with E-state index in [4.69, 9.17) is 21.1 Å². The number of hydrogen-bond donors (Lipinski definition) is 0. The fourth-order valence-corrected chi connectivity index (χ4v) is 1.84. The van der Waals surface area contributed by atoms with Gasteiger partial charge in [0.2, 0.25) is 0 Å². The van der Waals surface area contributed by atoms with Crippen LogP contribution in [0, 0.1) is 5.41 Å². The van der Waals surface area contributed by atoms with Gasteiger partial charge in [0.05, 0.1) is 6.61 Å². The molecule has 0 spiro atoms.